The van der Waals surface area contributed by atoms with Crippen LogP contribution in [-0.2, 0) is 0 Å². The number of hydrogen-bond donors (Lipinski definition) is 2. The zero-order chi connectivity index (χ0) is 31.3. The fourth-order valence-electron chi connectivity index (χ4n) is 6.63. The number of aliphatic imine (C=N–C) groups is 1. The largest absolute Gasteiger partial charge is 0.399 e. The first kappa shape index (κ1) is 27.4. The highest BCUT2D eigenvalue weighted by Gasteiger charge is 2.21. The number of benzene rings is 6. The average molecular weight is 623 g/mol. The summed E-state index contributed by atoms with van der Waals surface area (Å²) >= 11 is 1.83. The van der Waals surface area contributed by atoms with Crippen LogP contribution in [0.15, 0.2) is 163 Å². The van der Waals surface area contributed by atoms with E-state index in [0.717, 1.165) is 44.7 Å². The summed E-state index contributed by atoms with van der Waals surface area (Å²) in [5.74, 6) is 0. The molecule has 0 fully saturated rings. The van der Waals surface area contributed by atoms with Gasteiger partial charge in [-0.1, -0.05) is 103 Å². The van der Waals surface area contributed by atoms with Crippen molar-refractivity contribution in [3.63, 3.8) is 0 Å². The van der Waals surface area contributed by atoms with Gasteiger partial charge >= 0.3 is 0 Å². The van der Waals surface area contributed by atoms with Crippen molar-refractivity contribution in [2.24, 2.45) is 4.99 Å². The van der Waals surface area contributed by atoms with Crippen LogP contribution in [0.25, 0.3) is 53.6 Å². The van der Waals surface area contributed by atoms with E-state index in [9.17, 15) is 0 Å². The molecule has 47 heavy (non-hydrogen) atoms. The molecule has 1 unspecified atom stereocenters. The highest BCUT2D eigenvalue weighted by molar-refractivity contribution is 7.26. The molecule has 4 nitrogen and oxygen atoms in total. The lowest BCUT2D eigenvalue weighted by molar-refractivity contribution is 0.664. The lowest BCUT2D eigenvalue weighted by atomic mass is 9.99. The van der Waals surface area contributed by atoms with Gasteiger partial charge in [0.2, 0.25) is 0 Å². The molecule has 0 amide bonds. The second-order valence-corrected chi connectivity index (χ2v) is 13.0. The molecule has 9 rings (SSSR count). The van der Waals surface area contributed by atoms with Crippen molar-refractivity contribution in [3.05, 3.63) is 175 Å². The molecule has 1 atom stereocenters. The van der Waals surface area contributed by atoms with E-state index in [0.29, 0.717) is 0 Å². The Morgan fingerprint density at radius 3 is 2.21 bits per heavy atom. The fraction of sp³-hybridized carbons (Fsp3) is 0.0238. The minimum absolute atomic E-state index is 0.197. The van der Waals surface area contributed by atoms with Gasteiger partial charge in [-0.25, -0.2) is 0 Å². The average Bonchev–Trinajstić information content (AvgIpc) is 3.73. The Balaban J connectivity index is 1.14. The smallest absolute Gasteiger partial charge is 0.145 e. The van der Waals surface area contributed by atoms with Crippen molar-refractivity contribution in [1.29, 1.82) is 0 Å². The maximum atomic E-state index is 6.08. The molecule has 6 aromatic carbocycles. The Hall–Kier alpha value is -5.91. The summed E-state index contributed by atoms with van der Waals surface area (Å²) < 4.78 is 4.79. The highest BCUT2D eigenvalue weighted by atomic mass is 32.1. The predicted molar refractivity (Wildman–Crippen MR) is 199 cm³/mol. The van der Waals surface area contributed by atoms with Gasteiger partial charge in [0.05, 0.1) is 21.6 Å². The van der Waals surface area contributed by atoms with Gasteiger partial charge in [-0.05, 0) is 70.8 Å². The van der Waals surface area contributed by atoms with E-state index in [1.807, 2.05) is 29.5 Å². The number of nitrogens with zero attached hydrogens (tertiary/aromatic N) is 2. The van der Waals surface area contributed by atoms with Crippen molar-refractivity contribution in [3.8, 4) is 16.8 Å². The van der Waals surface area contributed by atoms with Crippen LogP contribution >= 0.6 is 11.3 Å². The van der Waals surface area contributed by atoms with Gasteiger partial charge in [0, 0.05) is 44.0 Å². The van der Waals surface area contributed by atoms with E-state index >= 15 is 0 Å². The van der Waals surface area contributed by atoms with Crippen LogP contribution in [0.3, 0.4) is 0 Å². The third-order valence-corrected chi connectivity index (χ3v) is 10.2. The molecule has 8 aromatic rings. The van der Waals surface area contributed by atoms with E-state index in [1.54, 1.807) is 0 Å². The summed E-state index contributed by atoms with van der Waals surface area (Å²) in [4.78, 5) is 5.25. The number of nitrogens with one attached hydrogen (secondary N) is 1. The van der Waals surface area contributed by atoms with E-state index in [2.05, 4.69) is 150 Å². The molecule has 0 spiro atoms. The molecule has 3 N–H and O–H groups in total. The maximum Gasteiger partial charge on any atom is 0.145 e. The third-order valence-electron chi connectivity index (χ3n) is 9.01. The van der Waals surface area contributed by atoms with E-state index < -0.39 is 0 Å². The Bertz CT molecular complexity index is 2490. The summed E-state index contributed by atoms with van der Waals surface area (Å²) in [6.07, 6.45) is 4.13. The Morgan fingerprint density at radius 1 is 0.638 bits per heavy atom. The van der Waals surface area contributed by atoms with Gasteiger partial charge in [-0.15, -0.1) is 11.3 Å². The summed E-state index contributed by atoms with van der Waals surface area (Å²) in [6.45, 7) is 0. The van der Waals surface area contributed by atoms with E-state index in [-0.39, 0.29) is 6.17 Å². The first-order valence-electron chi connectivity index (χ1n) is 15.8. The number of anilines is 1. The molecule has 3 heterocycles. The van der Waals surface area contributed by atoms with Crippen molar-refractivity contribution in [2.45, 2.75) is 6.17 Å². The monoisotopic (exact) mass is 622 g/mol. The fourth-order valence-corrected chi connectivity index (χ4v) is 7.82. The molecule has 0 bridgehead atoms. The minimum Gasteiger partial charge on any atom is -0.399 e. The summed E-state index contributed by atoms with van der Waals surface area (Å²) in [7, 11) is 0. The molecule has 0 aliphatic carbocycles. The molecular formula is C42H30N4S. The highest BCUT2D eigenvalue weighted by Crippen LogP contribution is 2.39. The van der Waals surface area contributed by atoms with Gasteiger partial charge in [0.1, 0.15) is 6.17 Å². The van der Waals surface area contributed by atoms with Crippen molar-refractivity contribution >= 4 is 59.5 Å². The quantitative estimate of drug-likeness (QED) is 0.188. The SMILES string of the molecule is Nc1ccc2c(ccn2-c2cccc3c2sc2ccc(C4=NC(c5ccccc5)NC(c5ccc(-c6ccccc6)cc5)=C4)cc23)c1. The van der Waals surface area contributed by atoms with Crippen molar-refractivity contribution in [2.75, 3.05) is 5.73 Å². The molecule has 1 aliphatic heterocycles. The molecule has 0 saturated heterocycles. The molecule has 0 saturated carbocycles. The minimum atomic E-state index is -0.197. The summed E-state index contributed by atoms with van der Waals surface area (Å²) in [6, 6.07) is 51.4. The van der Waals surface area contributed by atoms with Crippen molar-refractivity contribution < 1.29 is 0 Å². The van der Waals surface area contributed by atoms with Crippen LogP contribution in [0.1, 0.15) is 22.9 Å². The van der Waals surface area contributed by atoms with Gasteiger partial charge in [-0.2, -0.15) is 0 Å². The second-order valence-electron chi connectivity index (χ2n) is 11.9. The number of thiophene rings is 1. The Morgan fingerprint density at radius 2 is 1.38 bits per heavy atom. The topological polar surface area (TPSA) is 55.3 Å². The van der Waals surface area contributed by atoms with Gasteiger partial charge < -0.3 is 15.6 Å². The molecule has 224 valence electrons. The number of fused-ring (bicyclic) bond motifs is 4. The van der Waals surface area contributed by atoms with Crippen molar-refractivity contribution in [1.82, 2.24) is 9.88 Å². The number of allylic oxidation sites excluding steroid dienone is 1. The zero-order valence-electron chi connectivity index (χ0n) is 25.5. The zero-order valence-corrected chi connectivity index (χ0v) is 26.3. The lowest BCUT2D eigenvalue weighted by Crippen LogP contribution is -2.24. The molecular weight excluding hydrogens is 593 g/mol. The predicted octanol–water partition coefficient (Wildman–Crippen LogP) is 10.4. The van der Waals surface area contributed by atoms with Gasteiger partial charge in [0.15, 0.2) is 0 Å². The van der Waals surface area contributed by atoms with Crippen LogP contribution in [0.2, 0.25) is 0 Å². The summed E-state index contributed by atoms with van der Waals surface area (Å²) in [5.41, 5.74) is 17.0. The molecule has 1 aliphatic rings. The maximum absolute atomic E-state index is 6.08. The standard InChI is InChI=1S/C42H30N4S/c43-33-19-20-38-32(24-33)22-23-46(38)39-13-7-12-34-35-25-31(18-21-40(35)47-41(34)39)37-26-36(44-42(45-37)30-10-5-2-6-11-30)29-16-14-28(15-17-29)27-8-3-1-4-9-27/h1-26,42,44H,43H2. The lowest BCUT2D eigenvalue weighted by Gasteiger charge is -2.25. The Labute approximate surface area is 276 Å². The first-order chi connectivity index (χ1) is 23.2. The van der Waals surface area contributed by atoms with Crippen LogP contribution in [0, 0.1) is 0 Å². The Kier molecular flexibility index (Phi) is 6.51. The van der Waals surface area contributed by atoms with E-state index in [4.69, 9.17) is 10.7 Å². The van der Waals surface area contributed by atoms with Crippen LogP contribution in [-0.4, -0.2) is 10.3 Å². The number of rotatable bonds is 5. The normalized spacial score (nSPS) is 14.7. The van der Waals surface area contributed by atoms with Crippen LogP contribution in [0.4, 0.5) is 5.69 Å². The summed E-state index contributed by atoms with van der Waals surface area (Å²) in [5, 5.41) is 7.34. The molecule has 0 radical (unpaired) electrons. The van der Waals surface area contributed by atoms with Crippen LogP contribution in [0.5, 0.6) is 0 Å². The number of nitrogens with two attached hydrogens (primary N) is 1. The number of nitrogen functional groups attached to an aromatic ring is 1. The molecule has 5 heteroatoms. The second kappa shape index (κ2) is 11.2. The van der Waals surface area contributed by atoms with E-state index in [1.165, 1.54) is 37.0 Å². The van der Waals surface area contributed by atoms with Crippen LogP contribution < -0.4 is 11.1 Å². The number of hydrogen-bond acceptors (Lipinski definition) is 4. The van der Waals surface area contributed by atoms with Gasteiger partial charge in [-0.3, -0.25) is 4.99 Å². The van der Waals surface area contributed by atoms with Gasteiger partial charge in [0.25, 0.3) is 0 Å². The number of aromatic nitrogens is 1. The molecule has 2 aromatic heterocycles. The first-order valence-corrected chi connectivity index (χ1v) is 16.6. The third kappa shape index (κ3) is 4.89.